The first-order valence-electron chi connectivity index (χ1n) is 22.9. The van der Waals surface area contributed by atoms with E-state index in [2.05, 4.69) is 267 Å². The van der Waals surface area contributed by atoms with Crippen LogP contribution in [0.2, 0.25) is 0 Å². The summed E-state index contributed by atoms with van der Waals surface area (Å²) in [6, 6.07) is 97.9. The molecule has 0 saturated carbocycles. The van der Waals surface area contributed by atoms with Crippen molar-refractivity contribution in [3.63, 3.8) is 0 Å². The molecule has 10 aromatic carbocycles. The molecule has 2 aliphatic carbocycles. The van der Waals surface area contributed by atoms with Crippen LogP contribution in [-0.4, -0.2) is 0 Å². The third-order valence-electron chi connectivity index (χ3n) is 13.3. The number of allylic oxidation sites excluding steroid dienone is 5. The van der Waals surface area contributed by atoms with Crippen molar-refractivity contribution in [2.24, 2.45) is 0 Å². The average Bonchev–Trinajstić information content (AvgIpc) is 3.92. The van der Waals surface area contributed by atoms with Crippen LogP contribution in [0.5, 0.6) is 0 Å². The van der Waals surface area contributed by atoms with Gasteiger partial charge in [-0.05, 0) is 135 Å². The van der Waals surface area contributed by atoms with E-state index >= 15 is 0 Å². The van der Waals surface area contributed by atoms with Crippen molar-refractivity contribution in [2.75, 3.05) is 0 Å². The van der Waals surface area contributed by atoms with E-state index in [1.54, 1.807) is 0 Å². The van der Waals surface area contributed by atoms with Crippen molar-refractivity contribution in [3.05, 3.63) is 306 Å². The molecule has 10 aromatic rings. The third-order valence-corrected chi connectivity index (χ3v) is 13.3. The Bertz CT molecular complexity index is 3500. The van der Waals surface area contributed by atoms with Gasteiger partial charge >= 0.3 is 0 Å². The van der Waals surface area contributed by atoms with Crippen LogP contribution in [0.25, 0.3) is 83.5 Å². The highest BCUT2D eigenvalue weighted by Gasteiger charge is 2.42. The molecule has 12 rings (SSSR count). The monoisotopic (exact) mass is 836 g/mol. The Hall–Kier alpha value is -8.58. The molecule has 2 aliphatic rings. The summed E-state index contributed by atoms with van der Waals surface area (Å²) in [4.78, 5) is 0. The minimum atomic E-state index is 1.19. The Morgan fingerprint density at radius 1 is 0.121 bits per heavy atom. The van der Waals surface area contributed by atoms with Gasteiger partial charge in [-0.25, -0.2) is 0 Å². The zero-order valence-corrected chi connectivity index (χ0v) is 36.4. The van der Waals surface area contributed by atoms with Crippen LogP contribution >= 0.6 is 0 Å². The Kier molecular flexibility index (Phi) is 9.97. The summed E-state index contributed by atoms with van der Waals surface area (Å²) in [7, 11) is 0. The van der Waals surface area contributed by atoms with Gasteiger partial charge in [0, 0.05) is 0 Å². The maximum absolute atomic E-state index is 2.51. The number of benzene rings is 10. The molecule has 308 valence electrons. The lowest BCUT2D eigenvalue weighted by molar-refractivity contribution is 1.50. The van der Waals surface area contributed by atoms with Crippen molar-refractivity contribution < 1.29 is 0 Å². The maximum atomic E-state index is 2.51. The summed E-state index contributed by atoms with van der Waals surface area (Å²) < 4.78 is 0. The normalized spacial score (nSPS) is 13.0. The van der Waals surface area contributed by atoms with Gasteiger partial charge < -0.3 is 0 Å². The van der Waals surface area contributed by atoms with E-state index in [0.29, 0.717) is 0 Å². The molecule has 0 fully saturated rings. The first kappa shape index (κ1) is 39.0. The second kappa shape index (κ2) is 16.8. The predicted octanol–water partition coefficient (Wildman–Crippen LogP) is 17.4. The van der Waals surface area contributed by atoms with Crippen LogP contribution in [-0.2, 0) is 0 Å². The van der Waals surface area contributed by atoms with Crippen LogP contribution in [0.4, 0.5) is 0 Å². The topological polar surface area (TPSA) is 0 Å². The lowest BCUT2D eigenvalue weighted by atomic mass is 9.81. The lowest BCUT2D eigenvalue weighted by Gasteiger charge is -2.22. The molecule has 0 bridgehead atoms. The molecule has 0 radical (unpaired) electrons. The van der Waals surface area contributed by atoms with Gasteiger partial charge in [0.15, 0.2) is 0 Å². The second-order valence-corrected chi connectivity index (χ2v) is 17.0. The van der Waals surface area contributed by atoms with E-state index in [-0.39, 0.29) is 0 Å². The first-order valence-corrected chi connectivity index (χ1v) is 22.9. The van der Waals surface area contributed by atoms with Crippen molar-refractivity contribution in [3.8, 4) is 55.6 Å². The Morgan fingerprint density at radius 2 is 0.348 bits per heavy atom. The molecule has 0 heterocycles. The van der Waals surface area contributed by atoms with Gasteiger partial charge in [-0.2, -0.15) is 0 Å². The van der Waals surface area contributed by atoms with Crippen LogP contribution in [0.15, 0.2) is 272 Å². The minimum Gasteiger partial charge on any atom is -0.0622 e. The molecule has 0 saturated heterocycles. The van der Waals surface area contributed by atoms with E-state index in [1.807, 2.05) is 0 Å². The van der Waals surface area contributed by atoms with E-state index in [4.69, 9.17) is 0 Å². The molecule has 0 amide bonds. The molecular formula is C66H44. The molecular weight excluding hydrogens is 793 g/mol. The largest absolute Gasteiger partial charge is 0.0622 e. The zero-order chi connectivity index (χ0) is 43.8. The van der Waals surface area contributed by atoms with Gasteiger partial charge in [0.05, 0.1) is 0 Å². The summed E-state index contributed by atoms with van der Waals surface area (Å²) in [6.45, 7) is 0. The van der Waals surface area contributed by atoms with E-state index in [0.717, 1.165) is 0 Å². The molecule has 0 heteroatoms. The van der Waals surface area contributed by atoms with Gasteiger partial charge in [0.25, 0.3) is 0 Å². The van der Waals surface area contributed by atoms with Gasteiger partial charge in [-0.3, -0.25) is 0 Å². The van der Waals surface area contributed by atoms with Crippen molar-refractivity contribution in [1.29, 1.82) is 0 Å². The Labute approximate surface area is 387 Å². The summed E-state index contributed by atoms with van der Waals surface area (Å²) in [5.41, 5.74) is 26.7. The molecule has 0 nitrogen and oxygen atoms in total. The highest BCUT2D eigenvalue weighted by atomic mass is 14.4. The van der Waals surface area contributed by atoms with E-state index < -0.39 is 0 Å². The third kappa shape index (κ3) is 6.71. The fourth-order valence-electron chi connectivity index (χ4n) is 10.4. The molecule has 0 unspecified atom stereocenters. The first-order chi connectivity index (χ1) is 32.8. The van der Waals surface area contributed by atoms with Crippen LogP contribution < -0.4 is 0 Å². The molecule has 0 N–H and O–H groups in total. The van der Waals surface area contributed by atoms with Crippen molar-refractivity contribution in [2.45, 2.75) is 0 Å². The number of fused-ring (bicyclic) bond motifs is 3. The summed E-state index contributed by atoms with van der Waals surface area (Å²) >= 11 is 0. The second-order valence-electron chi connectivity index (χ2n) is 17.0. The van der Waals surface area contributed by atoms with Gasteiger partial charge in [0.1, 0.15) is 0 Å². The quantitative estimate of drug-likeness (QED) is 0.136. The van der Waals surface area contributed by atoms with Crippen LogP contribution in [0, 0.1) is 0 Å². The fraction of sp³-hybridized carbons (Fsp3) is 0. The highest BCUT2D eigenvalue weighted by Crippen LogP contribution is 2.64. The smallest absolute Gasteiger partial charge is 0.0000926 e. The van der Waals surface area contributed by atoms with Crippen LogP contribution in [0.1, 0.15) is 33.4 Å². The SMILES string of the molecule is c1ccc(C2=C3C(=C(c4ccccc4-c4ccccc4)c4cc(-c5ccccc5)c(-c5ccccc5)cc43)C(c3ccccc3-c3ccccc3)=C2c2ccccc2-c2ccccc2)cc1. The zero-order valence-electron chi connectivity index (χ0n) is 36.4. The van der Waals surface area contributed by atoms with Crippen LogP contribution in [0.3, 0.4) is 0 Å². The molecule has 0 spiro atoms. The van der Waals surface area contributed by atoms with Crippen molar-refractivity contribution >= 4 is 27.9 Å². The molecule has 0 aromatic heterocycles. The summed E-state index contributed by atoms with van der Waals surface area (Å²) in [5.74, 6) is 0. The van der Waals surface area contributed by atoms with E-state index in [9.17, 15) is 0 Å². The van der Waals surface area contributed by atoms with Gasteiger partial charge in [-0.1, -0.05) is 255 Å². The van der Waals surface area contributed by atoms with E-state index in [1.165, 1.54) is 122 Å². The van der Waals surface area contributed by atoms with Gasteiger partial charge in [-0.15, -0.1) is 0 Å². The molecule has 0 atom stereocenters. The van der Waals surface area contributed by atoms with Gasteiger partial charge in [0.2, 0.25) is 0 Å². The summed E-state index contributed by atoms with van der Waals surface area (Å²) in [6.07, 6.45) is 0. The summed E-state index contributed by atoms with van der Waals surface area (Å²) in [5, 5.41) is 0. The van der Waals surface area contributed by atoms with Crippen molar-refractivity contribution in [1.82, 2.24) is 0 Å². The fourth-order valence-corrected chi connectivity index (χ4v) is 10.4. The Morgan fingerprint density at radius 3 is 0.697 bits per heavy atom. The Balaban J connectivity index is 1.31. The highest BCUT2D eigenvalue weighted by molar-refractivity contribution is 6.40. The molecule has 66 heavy (non-hydrogen) atoms. The average molecular weight is 837 g/mol. The number of hydrogen-bond acceptors (Lipinski definition) is 0. The minimum absolute atomic E-state index is 1.19. The number of rotatable bonds is 9. The maximum Gasteiger partial charge on any atom is -0.0000926 e. The standard InChI is InChI=1S/C66H44/c1-7-25-45(26-8-1)51-37-19-22-40-54(51)62-59-43-57(48-31-13-4-14-32-48)58(49-33-15-5-16-34-49)44-60(59)65-61(50-35-17-6-18-36-50)63(55-41-23-20-38-52(55)46-27-9-2-10-28-46)64(66(62)65)56-42-24-21-39-53(56)47-29-11-3-12-30-47/h1-44H. The molecule has 0 aliphatic heterocycles. The lowest BCUT2D eigenvalue weighted by Crippen LogP contribution is -2.00. The predicted molar refractivity (Wildman–Crippen MR) is 279 cm³/mol. The number of hydrogen-bond donors (Lipinski definition) is 0.